The molecule has 9 heteroatoms. The molecular weight excluding hydrogens is 433 g/mol. The number of anilines is 2. The van der Waals surface area contributed by atoms with Crippen LogP contribution in [0, 0.1) is 18.3 Å². The Kier molecular flexibility index (Phi) is 5.60. The van der Waals surface area contributed by atoms with Crippen LogP contribution in [0.2, 0.25) is 0 Å². The Morgan fingerprint density at radius 2 is 1.88 bits per heavy atom. The summed E-state index contributed by atoms with van der Waals surface area (Å²) in [5.74, 6) is -0.939. The van der Waals surface area contributed by atoms with Gasteiger partial charge in [-0.15, -0.1) is 0 Å². The second kappa shape index (κ2) is 8.39. The number of carbonyl (C=O) groups is 2. The molecule has 166 valence electrons. The summed E-state index contributed by atoms with van der Waals surface area (Å²) in [6.07, 6.45) is -4.47. The molecule has 1 aromatic heterocycles. The number of amides is 2. The second-order valence-corrected chi connectivity index (χ2v) is 7.56. The summed E-state index contributed by atoms with van der Waals surface area (Å²) in [7, 11) is 0. The molecule has 2 heterocycles. The predicted octanol–water partition coefficient (Wildman–Crippen LogP) is 4.48. The first-order valence-electron chi connectivity index (χ1n) is 9.95. The van der Waals surface area contributed by atoms with E-state index in [0.29, 0.717) is 28.1 Å². The molecule has 0 bridgehead atoms. The summed E-state index contributed by atoms with van der Waals surface area (Å²) >= 11 is 0. The van der Waals surface area contributed by atoms with E-state index in [1.54, 1.807) is 37.3 Å². The van der Waals surface area contributed by atoms with Gasteiger partial charge >= 0.3 is 6.18 Å². The van der Waals surface area contributed by atoms with Crippen molar-refractivity contribution in [3.63, 3.8) is 0 Å². The number of hydrogen-bond donors (Lipinski definition) is 1. The van der Waals surface area contributed by atoms with Crippen LogP contribution in [0.1, 0.15) is 22.5 Å². The minimum Gasteiger partial charge on any atom is -0.325 e. The van der Waals surface area contributed by atoms with Gasteiger partial charge in [0.2, 0.25) is 11.8 Å². The van der Waals surface area contributed by atoms with Crippen molar-refractivity contribution in [2.75, 3.05) is 16.8 Å². The van der Waals surface area contributed by atoms with E-state index in [1.165, 1.54) is 4.90 Å². The number of carbonyl (C=O) groups excluding carboxylic acids is 2. The number of nitrogens with zero attached hydrogens (tertiary/aromatic N) is 3. The van der Waals surface area contributed by atoms with Crippen LogP contribution in [0.15, 0.2) is 54.6 Å². The van der Waals surface area contributed by atoms with Crippen molar-refractivity contribution < 1.29 is 22.8 Å². The van der Waals surface area contributed by atoms with Crippen LogP contribution in [0.3, 0.4) is 0 Å². The van der Waals surface area contributed by atoms with Gasteiger partial charge < -0.3 is 10.2 Å². The molecule has 0 atom stereocenters. The van der Waals surface area contributed by atoms with Gasteiger partial charge in [-0.2, -0.15) is 18.4 Å². The maximum absolute atomic E-state index is 13.1. The van der Waals surface area contributed by atoms with Crippen molar-refractivity contribution in [3.8, 4) is 17.2 Å². The van der Waals surface area contributed by atoms with Gasteiger partial charge in [0.1, 0.15) is 12.6 Å². The summed E-state index contributed by atoms with van der Waals surface area (Å²) in [6.45, 7) is 1.30. The van der Waals surface area contributed by atoms with Crippen LogP contribution in [-0.4, -0.2) is 23.3 Å². The van der Waals surface area contributed by atoms with Gasteiger partial charge in [-0.3, -0.25) is 9.59 Å². The minimum atomic E-state index is -4.48. The topological polar surface area (TPSA) is 86.1 Å². The van der Waals surface area contributed by atoms with E-state index in [9.17, 15) is 28.0 Å². The molecule has 0 saturated heterocycles. The summed E-state index contributed by atoms with van der Waals surface area (Å²) < 4.78 is 38.3. The molecule has 0 aliphatic carbocycles. The number of aryl methyl sites for hydroxylation is 1. The van der Waals surface area contributed by atoms with Gasteiger partial charge in [0, 0.05) is 16.9 Å². The van der Waals surface area contributed by atoms with Crippen molar-refractivity contribution in [1.29, 1.82) is 5.26 Å². The lowest BCUT2D eigenvalue weighted by Crippen LogP contribution is -2.38. The number of rotatable bonds is 3. The first-order valence-corrected chi connectivity index (χ1v) is 9.95. The largest absolute Gasteiger partial charge is 0.416 e. The van der Waals surface area contributed by atoms with Gasteiger partial charge in [-0.05, 0) is 48.4 Å². The number of nitriles is 1. The number of pyridine rings is 1. The van der Waals surface area contributed by atoms with Crippen LogP contribution in [0.25, 0.3) is 11.1 Å². The molecular formula is C24H17F3N4O2. The van der Waals surface area contributed by atoms with Gasteiger partial charge in [0.25, 0.3) is 0 Å². The predicted molar refractivity (Wildman–Crippen MR) is 115 cm³/mol. The first kappa shape index (κ1) is 22.0. The van der Waals surface area contributed by atoms with Crippen molar-refractivity contribution in [3.05, 3.63) is 77.1 Å². The highest BCUT2D eigenvalue weighted by atomic mass is 19.4. The second-order valence-electron chi connectivity index (χ2n) is 7.56. The molecule has 33 heavy (non-hydrogen) atoms. The Morgan fingerprint density at radius 1 is 1.18 bits per heavy atom. The summed E-state index contributed by atoms with van der Waals surface area (Å²) in [6, 6.07) is 14.9. The number of benzene rings is 2. The fourth-order valence-electron chi connectivity index (χ4n) is 3.79. The van der Waals surface area contributed by atoms with Crippen LogP contribution >= 0.6 is 0 Å². The number of nitrogens with one attached hydrogen (secondary N) is 1. The Labute approximate surface area is 187 Å². The van der Waals surface area contributed by atoms with Crippen molar-refractivity contribution in [2.45, 2.75) is 19.5 Å². The first-order chi connectivity index (χ1) is 15.7. The van der Waals surface area contributed by atoms with Crippen LogP contribution < -0.4 is 10.2 Å². The highest BCUT2D eigenvalue weighted by Gasteiger charge is 2.31. The number of aromatic nitrogens is 1. The molecule has 0 unspecified atom stereocenters. The van der Waals surface area contributed by atoms with E-state index in [-0.39, 0.29) is 30.3 Å². The Bertz CT molecular complexity index is 1290. The molecule has 1 N–H and O–H groups in total. The lowest BCUT2D eigenvalue weighted by molar-refractivity contribution is -0.137. The Hall–Kier alpha value is -4.19. The monoisotopic (exact) mass is 450 g/mol. The zero-order valence-corrected chi connectivity index (χ0v) is 17.4. The molecule has 4 rings (SSSR count). The van der Waals surface area contributed by atoms with E-state index in [2.05, 4.69) is 16.4 Å². The SMILES string of the molecule is Cc1cc2c(c(C#N)n1)-c1ccccc1CC(=O)N2CC(=O)Nc1ccc(C(F)(F)F)cc1. The summed E-state index contributed by atoms with van der Waals surface area (Å²) in [5.41, 5.74) is 2.23. The molecule has 6 nitrogen and oxygen atoms in total. The van der Waals surface area contributed by atoms with Crippen LogP contribution in [0.5, 0.6) is 0 Å². The zero-order valence-electron chi connectivity index (χ0n) is 17.4. The lowest BCUT2D eigenvalue weighted by Gasteiger charge is -2.23. The van der Waals surface area contributed by atoms with E-state index in [0.717, 1.165) is 24.3 Å². The van der Waals surface area contributed by atoms with Crippen LogP contribution in [-0.2, 0) is 22.2 Å². The van der Waals surface area contributed by atoms with Crippen LogP contribution in [0.4, 0.5) is 24.5 Å². The molecule has 0 saturated carbocycles. The van der Waals surface area contributed by atoms with E-state index in [4.69, 9.17) is 0 Å². The molecule has 2 amide bonds. The van der Waals surface area contributed by atoms with Gasteiger partial charge in [-0.25, -0.2) is 4.98 Å². The fraction of sp³-hybridized carbons (Fsp3) is 0.167. The average molecular weight is 450 g/mol. The smallest absolute Gasteiger partial charge is 0.325 e. The third-order valence-electron chi connectivity index (χ3n) is 5.25. The Balaban J connectivity index is 1.67. The standard InChI is InChI=1S/C24H17F3N4O2/c1-14-10-20-23(19(12-28)29-14)18-5-3-2-4-15(18)11-22(33)31(20)13-21(32)30-17-8-6-16(7-9-17)24(25,26)27/h2-10H,11,13H2,1H3,(H,30,32). The van der Waals surface area contributed by atoms with Gasteiger partial charge in [-0.1, -0.05) is 24.3 Å². The highest BCUT2D eigenvalue weighted by Crippen LogP contribution is 2.39. The third kappa shape index (κ3) is 4.41. The summed E-state index contributed by atoms with van der Waals surface area (Å²) in [5, 5.41) is 12.2. The van der Waals surface area contributed by atoms with Gasteiger partial charge in [0.05, 0.1) is 17.7 Å². The van der Waals surface area contributed by atoms with E-state index < -0.39 is 17.6 Å². The molecule has 2 aromatic carbocycles. The molecule has 1 aliphatic heterocycles. The minimum absolute atomic E-state index is 0.0162. The summed E-state index contributed by atoms with van der Waals surface area (Å²) in [4.78, 5) is 31.4. The third-order valence-corrected chi connectivity index (χ3v) is 5.25. The molecule has 1 aliphatic rings. The highest BCUT2D eigenvalue weighted by molar-refractivity contribution is 6.08. The van der Waals surface area contributed by atoms with Crippen molar-refractivity contribution in [2.24, 2.45) is 0 Å². The number of fused-ring (bicyclic) bond motifs is 3. The molecule has 0 radical (unpaired) electrons. The fourth-order valence-corrected chi connectivity index (χ4v) is 3.79. The number of alkyl halides is 3. The normalized spacial score (nSPS) is 12.9. The number of halogens is 3. The maximum atomic E-state index is 13.1. The lowest BCUT2D eigenvalue weighted by atomic mass is 9.96. The Morgan fingerprint density at radius 3 is 2.55 bits per heavy atom. The van der Waals surface area contributed by atoms with Crippen molar-refractivity contribution >= 4 is 23.2 Å². The van der Waals surface area contributed by atoms with Crippen molar-refractivity contribution in [1.82, 2.24) is 4.98 Å². The van der Waals surface area contributed by atoms with E-state index >= 15 is 0 Å². The van der Waals surface area contributed by atoms with Gasteiger partial charge in [0.15, 0.2) is 5.69 Å². The quantitative estimate of drug-likeness (QED) is 0.638. The molecule has 0 spiro atoms. The maximum Gasteiger partial charge on any atom is 0.416 e. The molecule has 0 fully saturated rings. The zero-order chi connectivity index (χ0) is 23.8. The average Bonchev–Trinajstić information content (AvgIpc) is 2.87. The van der Waals surface area contributed by atoms with E-state index in [1.807, 2.05) is 0 Å². The number of hydrogen-bond acceptors (Lipinski definition) is 4. The molecule has 3 aromatic rings.